The summed E-state index contributed by atoms with van der Waals surface area (Å²) in [6.07, 6.45) is 10.8. The van der Waals surface area contributed by atoms with Crippen molar-refractivity contribution in [3.05, 3.63) is 70.1 Å². The Morgan fingerprint density at radius 3 is 2.47 bits per heavy atom. The molecule has 4 rings (SSSR count). The summed E-state index contributed by atoms with van der Waals surface area (Å²) in [7, 11) is 1.66. The Morgan fingerprint density at radius 1 is 0.967 bits per heavy atom. The predicted molar refractivity (Wildman–Crippen MR) is 123 cm³/mol. The average Bonchev–Trinajstić information content (AvgIpc) is 2.80. The van der Waals surface area contributed by atoms with Gasteiger partial charge in [-0.25, -0.2) is 4.68 Å². The molecule has 1 saturated heterocycles. The number of rotatable bonds is 7. The summed E-state index contributed by atoms with van der Waals surface area (Å²) >= 11 is 0. The Morgan fingerprint density at radius 2 is 1.70 bits per heavy atom. The number of hydrogen-bond donors (Lipinski definition) is 0. The van der Waals surface area contributed by atoms with Crippen molar-refractivity contribution in [2.45, 2.75) is 32.2 Å². The number of benzene rings is 2. The molecule has 0 unspecified atom stereocenters. The maximum atomic E-state index is 12.8. The van der Waals surface area contributed by atoms with Crippen molar-refractivity contribution in [2.24, 2.45) is 0 Å². The zero-order valence-electron chi connectivity index (χ0n) is 17.6. The quantitative estimate of drug-likeness (QED) is 0.547. The van der Waals surface area contributed by atoms with Gasteiger partial charge in [-0.1, -0.05) is 36.8 Å². The van der Waals surface area contributed by atoms with Gasteiger partial charge in [-0.2, -0.15) is 5.10 Å². The molecule has 30 heavy (non-hydrogen) atoms. The first-order valence-electron chi connectivity index (χ1n) is 10.8. The smallest absolute Gasteiger partial charge is 0.274 e. The molecule has 0 bridgehead atoms. The van der Waals surface area contributed by atoms with Crippen molar-refractivity contribution in [3.8, 4) is 5.75 Å². The highest BCUT2D eigenvalue weighted by atomic mass is 16.5. The third-order valence-corrected chi connectivity index (χ3v) is 5.75. The number of likely N-dealkylation sites (tertiary alicyclic amines) is 1. The highest BCUT2D eigenvalue weighted by Gasteiger charge is 2.10. The predicted octanol–water partition coefficient (Wildman–Crippen LogP) is 4.45. The summed E-state index contributed by atoms with van der Waals surface area (Å²) in [5.41, 5.74) is 2.14. The second kappa shape index (κ2) is 9.72. The summed E-state index contributed by atoms with van der Waals surface area (Å²) in [5.74, 6) is 0.844. The number of aryl methyl sites for hydroxylation is 1. The minimum atomic E-state index is -0.00294. The van der Waals surface area contributed by atoms with Crippen LogP contribution in [0.3, 0.4) is 0 Å². The van der Waals surface area contributed by atoms with Gasteiger partial charge in [0, 0.05) is 11.9 Å². The normalized spacial score (nSPS) is 15.1. The average molecular weight is 404 g/mol. The van der Waals surface area contributed by atoms with Crippen LogP contribution in [-0.2, 0) is 6.54 Å². The molecule has 0 aliphatic carbocycles. The van der Waals surface area contributed by atoms with E-state index in [1.54, 1.807) is 11.8 Å². The van der Waals surface area contributed by atoms with Crippen LogP contribution in [0.2, 0.25) is 0 Å². The van der Waals surface area contributed by atoms with Crippen LogP contribution in [0.5, 0.6) is 5.75 Å². The van der Waals surface area contributed by atoms with E-state index < -0.39 is 0 Å². The van der Waals surface area contributed by atoms with Crippen molar-refractivity contribution in [1.82, 2.24) is 14.7 Å². The summed E-state index contributed by atoms with van der Waals surface area (Å²) in [6.45, 7) is 4.09. The van der Waals surface area contributed by atoms with Gasteiger partial charge in [-0.05, 0) is 74.3 Å². The van der Waals surface area contributed by atoms with E-state index in [-0.39, 0.29) is 5.56 Å². The Labute approximate surface area is 177 Å². The highest BCUT2D eigenvalue weighted by Crippen LogP contribution is 2.17. The second-order valence-electron chi connectivity index (χ2n) is 7.88. The van der Waals surface area contributed by atoms with E-state index in [1.165, 1.54) is 32.4 Å². The molecule has 1 aliphatic rings. The first kappa shape index (κ1) is 20.4. The fourth-order valence-electron chi connectivity index (χ4n) is 4.00. The van der Waals surface area contributed by atoms with Gasteiger partial charge in [0.05, 0.1) is 18.7 Å². The lowest BCUT2D eigenvalue weighted by molar-refractivity contribution is 0.221. The second-order valence-corrected chi connectivity index (χ2v) is 7.88. The van der Waals surface area contributed by atoms with E-state index in [4.69, 9.17) is 4.74 Å². The molecule has 0 radical (unpaired) electrons. The summed E-state index contributed by atoms with van der Waals surface area (Å²) in [6, 6.07) is 13.8. The zero-order chi connectivity index (χ0) is 20.8. The highest BCUT2D eigenvalue weighted by molar-refractivity contribution is 5.84. The SMILES string of the molecule is COc1ccc(C=Cc2ccc3c(=O)n(CCCN4CCCCC4)ncc3c2)cc1. The van der Waals surface area contributed by atoms with Crippen LogP contribution >= 0.6 is 0 Å². The molecule has 2 aromatic carbocycles. The molecule has 2 heterocycles. The van der Waals surface area contributed by atoms with E-state index >= 15 is 0 Å². The number of aromatic nitrogens is 2. The van der Waals surface area contributed by atoms with E-state index in [2.05, 4.69) is 16.1 Å². The van der Waals surface area contributed by atoms with Crippen LogP contribution in [0.25, 0.3) is 22.9 Å². The first-order valence-corrected chi connectivity index (χ1v) is 10.8. The number of hydrogen-bond acceptors (Lipinski definition) is 4. The van der Waals surface area contributed by atoms with Crippen LogP contribution in [-0.4, -0.2) is 41.4 Å². The molecule has 0 N–H and O–H groups in total. The Bertz CT molecular complexity index is 1060. The van der Waals surface area contributed by atoms with Gasteiger partial charge in [0.2, 0.25) is 0 Å². The minimum Gasteiger partial charge on any atom is -0.497 e. The van der Waals surface area contributed by atoms with Crippen LogP contribution < -0.4 is 10.3 Å². The van der Waals surface area contributed by atoms with Crippen molar-refractivity contribution in [2.75, 3.05) is 26.7 Å². The third kappa shape index (κ3) is 4.97. The Balaban J connectivity index is 1.43. The minimum absolute atomic E-state index is 0.00294. The zero-order valence-corrected chi connectivity index (χ0v) is 17.6. The van der Waals surface area contributed by atoms with Gasteiger partial charge in [-0.3, -0.25) is 4.79 Å². The fourth-order valence-corrected chi connectivity index (χ4v) is 4.00. The molecule has 0 amide bonds. The molecule has 3 aromatic rings. The number of ether oxygens (including phenoxy) is 1. The molecule has 5 nitrogen and oxygen atoms in total. The molecule has 1 fully saturated rings. The van der Waals surface area contributed by atoms with Crippen molar-refractivity contribution < 1.29 is 4.74 Å². The van der Waals surface area contributed by atoms with Crippen LogP contribution in [0.15, 0.2) is 53.5 Å². The monoisotopic (exact) mass is 403 g/mol. The van der Waals surface area contributed by atoms with Gasteiger partial charge >= 0.3 is 0 Å². The molecular formula is C25H29N3O2. The van der Waals surface area contributed by atoms with Crippen LogP contribution in [0.1, 0.15) is 36.8 Å². The van der Waals surface area contributed by atoms with E-state index in [0.717, 1.165) is 40.6 Å². The molecule has 0 saturated carbocycles. The van der Waals surface area contributed by atoms with E-state index in [0.29, 0.717) is 6.54 Å². The topological polar surface area (TPSA) is 47.4 Å². The molecule has 1 aromatic heterocycles. The first-order chi connectivity index (χ1) is 14.7. The summed E-state index contributed by atoms with van der Waals surface area (Å²) < 4.78 is 6.80. The Kier molecular flexibility index (Phi) is 6.60. The standard InChI is InChI=1S/C25H29N3O2/c1-30-23-11-8-20(9-12-23)6-7-21-10-13-24-22(18-21)19-26-28(25(24)29)17-5-16-27-14-3-2-4-15-27/h6-13,18-19H,2-5,14-17H2,1H3. The maximum Gasteiger partial charge on any atom is 0.274 e. The van der Waals surface area contributed by atoms with E-state index in [1.807, 2.05) is 54.7 Å². The van der Waals surface area contributed by atoms with Crippen LogP contribution in [0, 0.1) is 0 Å². The van der Waals surface area contributed by atoms with E-state index in [9.17, 15) is 4.79 Å². The molecular weight excluding hydrogens is 374 g/mol. The maximum absolute atomic E-state index is 12.8. The van der Waals surface area contributed by atoms with Crippen molar-refractivity contribution in [1.29, 1.82) is 0 Å². The lowest BCUT2D eigenvalue weighted by atomic mass is 10.1. The van der Waals surface area contributed by atoms with Gasteiger partial charge in [0.1, 0.15) is 5.75 Å². The Hall–Kier alpha value is -2.92. The molecule has 156 valence electrons. The van der Waals surface area contributed by atoms with Crippen molar-refractivity contribution >= 4 is 22.9 Å². The molecule has 0 spiro atoms. The number of fused-ring (bicyclic) bond motifs is 1. The fraction of sp³-hybridized carbons (Fsp3) is 0.360. The third-order valence-electron chi connectivity index (χ3n) is 5.75. The number of piperidine rings is 1. The van der Waals surface area contributed by atoms with Crippen molar-refractivity contribution in [3.63, 3.8) is 0 Å². The number of methoxy groups -OCH3 is 1. The molecule has 0 atom stereocenters. The van der Waals surface area contributed by atoms with Gasteiger partial charge in [0.25, 0.3) is 5.56 Å². The lowest BCUT2D eigenvalue weighted by Crippen LogP contribution is -2.32. The van der Waals surface area contributed by atoms with Crippen LogP contribution in [0.4, 0.5) is 0 Å². The van der Waals surface area contributed by atoms with Gasteiger partial charge in [0.15, 0.2) is 0 Å². The van der Waals surface area contributed by atoms with Gasteiger partial charge < -0.3 is 9.64 Å². The van der Waals surface area contributed by atoms with Gasteiger partial charge in [-0.15, -0.1) is 0 Å². The summed E-state index contributed by atoms with van der Waals surface area (Å²) in [5, 5.41) is 6.02. The molecule has 5 heteroatoms. The molecule has 1 aliphatic heterocycles. The lowest BCUT2D eigenvalue weighted by Gasteiger charge is -2.26. The largest absolute Gasteiger partial charge is 0.497 e. The summed E-state index contributed by atoms with van der Waals surface area (Å²) in [4.78, 5) is 15.3. The number of nitrogens with zero attached hydrogens (tertiary/aromatic N) is 3.